The van der Waals surface area contributed by atoms with E-state index < -0.39 is 10.0 Å². The first kappa shape index (κ1) is 21.3. The Morgan fingerprint density at radius 1 is 1.21 bits per heavy atom. The summed E-state index contributed by atoms with van der Waals surface area (Å²) in [5, 5.41) is 3.38. The van der Waals surface area contributed by atoms with Gasteiger partial charge in [0.15, 0.2) is 11.5 Å². The number of hydrogen-bond acceptors (Lipinski definition) is 5. The molecule has 1 fully saturated rings. The second-order valence-electron chi connectivity index (χ2n) is 6.02. The fraction of sp³-hybridized carbons (Fsp3) is 0.600. The van der Waals surface area contributed by atoms with Gasteiger partial charge in [-0.2, -0.15) is 0 Å². The van der Waals surface area contributed by atoms with Gasteiger partial charge in [0.05, 0.1) is 19.2 Å². The van der Waals surface area contributed by atoms with E-state index in [0.717, 1.165) is 25.9 Å². The zero-order chi connectivity index (χ0) is 17.1. The number of sulfonamides is 1. The predicted molar refractivity (Wildman–Crippen MR) is 97.2 cm³/mol. The van der Waals surface area contributed by atoms with Crippen molar-refractivity contribution in [1.82, 2.24) is 10.0 Å². The Labute approximate surface area is 154 Å². The highest BCUT2D eigenvalue weighted by molar-refractivity contribution is 7.89. The molecule has 138 valence electrons. The van der Waals surface area contributed by atoms with Gasteiger partial charge in [0.2, 0.25) is 10.0 Å². The lowest BCUT2D eigenvalue weighted by molar-refractivity contribution is 0.232. The van der Waals surface area contributed by atoms with Crippen LogP contribution in [0.5, 0.6) is 11.5 Å². The summed E-state index contributed by atoms with van der Waals surface area (Å²) in [6.07, 6.45) is 1.85. The number of methoxy groups -OCH3 is 2. The van der Waals surface area contributed by atoms with Crippen molar-refractivity contribution in [3.63, 3.8) is 0 Å². The van der Waals surface area contributed by atoms with Gasteiger partial charge in [-0.15, -0.1) is 12.4 Å². The third kappa shape index (κ3) is 4.89. The summed E-state index contributed by atoms with van der Waals surface area (Å²) in [6, 6.07) is 2.83. The van der Waals surface area contributed by atoms with Crippen LogP contribution in [-0.2, 0) is 10.0 Å². The van der Waals surface area contributed by atoms with E-state index in [9.17, 15) is 8.42 Å². The number of benzene rings is 1. The predicted octanol–water partition coefficient (Wildman–Crippen LogP) is 2.45. The first-order valence-corrected chi connectivity index (χ1v) is 9.29. The summed E-state index contributed by atoms with van der Waals surface area (Å²) in [5.41, 5.74) is -0.0542. The molecule has 2 N–H and O–H groups in total. The maximum Gasteiger partial charge on any atom is 0.242 e. The topological polar surface area (TPSA) is 76.7 Å². The number of rotatable bonds is 6. The Morgan fingerprint density at radius 2 is 1.75 bits per heavy atom. The average Bonchev–Trinajstić information content (AvgIpc) is 2.53. The van der Waals surface area contributed by atoms with Crippen LogP contribution < -0.4 is 19.5 Å². The van der Waals surface area contributed by atoms with Crippen molar-refractivity contribution in [2.45, 2.75) is 24.7 Å². The van der Waals surface area contributed by atoms with Gasteiger partial charge in [-0.25, -0.2) is 13.1 Å². The highest BCUT2D eigenvalue weighted by Crippen LogP contribution is 2.35. The number of piperidine rings is 1. The van der Waals surface area contributed by atoms with Crippen LogP contribution in [0.25, 0.3) is 0 Å². The lowest BCUT2D eigenvalue weighted by Crippen LogP contribution is -2.42. The van der Waals surface area contributed by atoms with E-state index in [2.05, 4.69) is 17.0 Å². The van der Waals surface area contributed by atoms with Gasteiger partial charge in [0.1, 0.15) is 4.90 Å². The fourth-order valence-corrected chi connectivity index (χ4v) is 4.33. The molecule has 0 amide bonds. The maximum absolute atomic E-state index is 12.6. The second kappa shape index (κ2) is 8.58. The largest absolute Gasteiger partial charge is 0.493 e. The van der Waals surface area contributed by atoms with Gasteiger partial charge in [-0.05, 0) is 31.3 Å². The van der Waals surface area contributed by atoms with Gasteiger partial charge < -0.3 is 14.8 Å². The van der Waals surface area contributed by atoms with Crippen molar-refractivity contribution in [3.05, 3.63) is 17.2 Å². The van der Waals surface area contributed by atoms with E-state index in [1.807, 2.05) is 0 Å². The molecule has 0 bridgehead atoms. The van der Waals surface area contributed by atoms with Gasteiger partial charge in [0, 0.05) is 18.7 Å². The molecule has 2 rings (SSSR count). The lowest BCUT2D eigenvalue weighted by atomic mass is 9.81. The van der Waals surface area contributed by atoms with Crippen molar-refractivity contribution in [3.8, 4) is 11.5 Å². The average molecular weight is 399 g/mol. The quantitative estimate of drug-likeness (QED) is 0.769. The molecule has 9 heteroatoms. The minimum absolute atomic E-state index is 0. The first-order chi connectivity index (χ1) is 10.8. The summed E-state index contributed by atoms with van der Waals surface area (Å²) in [4.78, 5) is -0.00523. The van der Waals surface area contributed by atoms with Crippen LogP contribution in [0.3, 0.4) is 0 Å². The number of nitrogens with one attached hydrogen (secondary N) is 2. The smallest absolute Gasteiger partial charge is 0.242 e. The molecule has 0 saturated carbocycles. The summed E-state index contributed by atoms with van der Waals surface area (Å²) in [6.45, 7) is 4.26. The Morgan fingerprint density at radius 3 is 2.29 bits per heavy atom. The number of hydrogen-bond donors (Lipinski definition) is 2. The molecule has 0 aliphatic carbocycles. The molecule has 1 aromatic rings. The second-order valence-corrected chi connectivity index (χ2v) is 8.17. The monoisotopic (exact) mass is 398 g/mol. The standard InChI is InChI=1S/C15H23ClN2O4S.ClH/c1-15(4-6-17-7-5-15)10-18-23(19,20)14-9-13(22-3)12(21-2)8-11(14)16;/h8-9,17-18H,4-7,10H2,1-3H3;1H. The van der Waals surface area contributed by atoms with Crippen LogP contribution in [0.4, 0.5) is 0 Å². The molecule has 1 aliphatic rings. The zero-order valence-corrected chi connectivity index (χ0v) is 16.4. The molecule has 6 nitrogen and oxygen atoms in total. The fourth-order valence-electron chi connectivity index (χ4n) is 2.60. The van der Waals surface area contributed by atoms with E-state index in [1.54, 1.807) is 0 Å². The van der Waals surface area contributed by atoms with Crippen LogP contribution in [-0.4, -0.2) is 42.3 Å². The van der Waals surface area contributed by atoms with Crippen LogP contribution >= 0.6 is 24.0 Å². The SMILES string of the molecule is COc1cc(Cl)c(S(=O)(=O)NCC2(C)CCNCC2)cc1OC.Cl. The van der Waals surface area contributed by atoms with Gasteiger partial charge in [-0.1, -0.05) is 18.5 Å². The van der Waals surface area contributed by atoms with E-state index in [0.29, 0.717) is 18.0 Å². The molecule has 24 heavy (non-hydrogen) atoms. The number of ether oxygens (including phenoxy) is 2. The van der Waals surface area contributed by atoms with Crippen molar-refractivity contribution in [2.75, 3.05) is 33.9 Å². The molecule has 0 atom stereocenters. The third-order valence-corrected chi connectivity index (χ3v) is 6.09. The molecule has 0 radical (unpaired) electrons. The summed E-state index contributed by atoms with van der Waals surface area (Å²) in [5.74, 6) is 0.715. The zero-order valence-electron chi connectivity index (χ0n) is 14.0. The highest BCUT2D eigenvalue weighted by Gasteiger charge is 2.30. The summed E-state index contributed by atoms with van der Waals surface area (Å²) in [7, 11) is -0.803. The Balaban J connectivity index is 0.00000288. The minimum Gasteiger partial charge on any atom is -0.493 e. The maximum atomic E-state index is 12.6. The van der Waals surface area contributed by atoms with E-state index in [1.165, 1.54) is 26.4 Å². The molecule has 1 aliphatic heterocycles. The van der Waals surface area contributed by atoms with Crippen molar-refractivity contribution in [2.24, 2.45) is 5.41 Å². The molecular weight excluding hydrogens is 375 g/mol. The van der Waals surface area contributed by atoms with Crippen molar-refractivity contribution < 1.29 is 17.9 Å². The van der Waals surface area contributed by atoms with Crippen LogP contribution in [0.2, 0.25) is 5.02 Å². The first-order valence-electron chi connectivity index (χ1n) is 7.43. The van der Waals surface area contributed by atoms with Crippen molar-refractivity contribution >= 4 is 34.0 Å². The molecule has 1 saturated heterocycles. The Hall–Kier alpha value is -0.730. The van der Waals surface area contributed by atoms with E-state index in [4.69, 9.17) is 21.1 Å². The Bertz CT molecular complexity index is 662. The molecule has 1 heterocycles. The van der Waals surface area contributed by atoms with Gasteiger partial charge >= 0.3 is 0 Å². The van der Waals surface area contributed by atoms with Crippen LogP contribution in [0, 0.1) is 5.41 Å². The van der Waals surface area contributed by atoms with Gasteiger partial charge in [-0.3, -0.25) is 0 Å². The highest BCUT2D eigenvalue weighted by atomic mass is 35.5. The normalized spacial score (nSPS) is 17.0. The molecule has 0 unspecified atom stereocenters. The minimum atomic E-state index is -3.72. The van der Waals surface area contributed by atoms with Gasteiger partial charge in [0.25, 0.3) is 0 Å². The molecule has 0 spiro atoms. The lowest BCUT2D eigenvalue weighted by Gasteiger charge is -2.34. The van der Waals surface area contributed by atoms with E-state index in [-0.39, 0.29) is 27.7 Å². The summed E-state index contributed by atoms with van der Waals surface area (Å²) < 4.78 is 38.2. The molecular formula is C15H24Cl2N2O4S. The molecule has 1 aromatic carbocycles. The summed E-state index contributed by atoms with van der Waals surface area (Å²) >= 11 is 6.11. The Kier molecular flexibility index (Phi) is 7.62. The van der Waals surface area contributed by atoms with E-state index >= 15 is 0 Å². The van der Waals surface area contributed by atoms with Crippen LogP contribution in [0.15, 0.2) is 17.0 Å². The number of halogens is 2. The van der Waals surface area contributed by atoms with Crippen molar-refractivity contribution in [1.29, 1.82) is 0 Å². The molecule has 0 aromatic heterocycles. The third-order valence-electron chi connectivity index (χ3n) is 4.23. The van der Waals surface area contributed by atoms with Crippen LogP contribution in [0.1, 0.15) is 19.8 Å².